The highest BCUT2D eigenvalue weighted by atomic mass is 16.4. The Morgan fingerprint density at radius 1 is 1.14 bits per heavy atom. The van der Waals surface area contributed by atoms with Crippen LogP contribution < -0.4 is 5.11 Å². The fourth-order valence-corrected chi connectivity index (χ4v) is 0.703. The molecule has 0 saturated carbocycles. The van der Waals surface area contributed by atoms with Crippen molar-refractivity contribution in [3.05, 3.63) is 0 Å². The van der Waals surface area contributed by atoms with Gasteiger partial charge in [0.1, 0.15) is 0 Å². The number of carboxylic acid groups (broad SMARTS) is 3. The molecule has 0 radical (unpaired) electrons. The van der Waals surface area contributed by atoms with E-state index in [1.807, 2.05) is 0 Å². The normalized spacial score (nSPS) is 13.5. The van der Waals surface area contributed by atoms with Gasteiger partial charge in [-0.2, -0.15) is 0 Å². The lowest BCUT2D eigenvalue weighted by Crippen LogP contribution is -2.45. The molecule has 0 aromatic carbocycles. The average molecular weight is 207 g/mol. The van der Waals surface area contributed by atoms with Crippen LogP contribution in [0.25, 0.3) is 0 Å². The Balaban J connectivity index is 0. The van der Waals surface area contributed by atoms with Crippen molar-refractivity contribution >= 4 is 17.9 Å². The standard InChI is InChI=1S/C6H8O7.CH4/c7-3(8)1-6(13,5(11)12)2-4(9)10;/h13H,1-2H2,(H,7,8)(H,9,10)(H,11,12);1H4/p-1. The second-order valence-electron chi connectivity index (χ2n) is 2.46. The molecule has 0 saturated heterocycles. The summed E-state index contributed by atoms with van der Waals surface area (Å²) in [6.45, 7) is 0. The van der Waals surface area contributed by atoms with Crippen LogP contribution in [-0.4, -0.2) is 38.8 Å². The lowest BCUT2D eigenvalue weighted by Gasteiger charge is -2.21. The quantitative estimate of drug-likeness (QED) is 0.476. The molecule has 3 N–H and O–H groups in total. The van der Waals surface area contributed by atoms with Gasteiger partial charge in [-0.15, -0.1) is 0 Å². The molecule has 0 fully saturated rings. The summed E-state index contributed by atoms with van der Waals surface area (Å²) in [5, 5.41) is 35.5. The Hall–Kier alpha value is -1.63. The molecule has 0 spiro atoms. The minimum absolute atomic E-state index is 0. The van der Waals surface area contributed by atoms with Crippen molar-refractivity contribution in [2.24, 2.45) is 0 Å². The summed E-state index contributed by atoms with van der Waals surface area (Å²) in [6.07, 6.45) is -2.44. The molecule has 1 atom stereocenters. The van der Waals surface area contributed by atoms with E-state index < -0.39 is 36.4 Å². The van der Waals surface area contributed by atoms with Crippen LogP contribution in [0.5, 0.6) is 0 Å². The van der Waals surface area contributed by atoms with E-state index in [0.717, 1.165) is 0 Å². The monoisotopic (exact) mass is 207 g/mol. The van der Waals surface area contributed by atoms with E-state index in [9.17, 15) is 19.5 Å². The largest absolute Gasteiger partial charge is 0.550 e. The van der Waals surface area contributed by atoms with E-state index in [4.69, 9.17) is 15.3 Å². The van der Waals surface area contributed by atoms with Gasteiger partial charge in [-0.3, -0.25) is 4.79 Å². The maximum atomic E-state index is 10.3. The predicted molar refractivity (Wildman–Crippen MR) is 41.2 cm³/mol. The first kappa shape index (κ1) is 14.9. The molecule has 0 aliphatic carbocycles. The molecule has 0 aliphatic heterocycles. The number of aliphatic hydroxyl groups is 1. The van der Waals surface area contributed by atoms with Crippen LogP contribution in [0.2, 0.25) is 0 Å². The highest BCUT2D eigenvalue weighted by Gasteiger charge is 2.38. The number of hydrogen-bond acceptors (Lipinski definition) is 5. The van der Waals surface area contributed by atoms with E-state index in [0.29, 0.717) is 0 Å². The molecular formula is C7H11O7-. The molecule has 82 valence electrons. The molecule has 0 aromatic heterocycles. The Bertz CT molecular complexity index is 228. The smallest absolute Gasteiger partial charge is 0.336 e. The zero-order chi connectivity index (χ0) is 10.6. The minimum atomic E-state index is -2.80. The molecule has 7 nitrogen and oxygen atoms in total. The van der Waals surface area contributed by atoms with E-state index >= 15 is 0 Å². The summed E-state index contributed by atoms with van der Waals surface area (Å²) in [7, 11) is 0. The molecule has 7 heteroatoms. The summed E-state index contributed by atoms with van der Waals surface area (Å²) < 4.78 is 0. The predicted octanol–water partition coefficient (Wildman–Crippen LogP) is -1.95. The van der Waals surface area contributed by atoms with Crippen LogP contribution in [0, 0.1) is 0 Å². The zero-order valence-electron chi connectivity index (χ0n) is 6.39. The Kier molecular flexibility index (Phi) is 5.50. The van der Waals surface area contributed by atoms with Gasteiger partial charge in [0.2, 0.25) is 0 Å². The van der Waals surface area contributed by atoms with Gasteiger partial charge in [0.05, 0.1) is 6.42 Å². The number of carbonyl (C=O) groups is 3. The lowest BCUT2D eigenvalue weighted by atomic mass is 9.96. The summed E-state index contributed by atoms with van der Waals surface area (Å²) in [5.41, 5.74) is -2.80. The van der Waals surface area contributed by atoms with Gasteiger partial charge >= 0.3 is 11.9 Å². The second kappa shape index (κ2) is 5.18. The first-order chi connectivity index (χ1) is 5.78. The van der Waals surface area contributed by atoms with Crippen molar-refractivity contribution in [3.63, 3.8) is 0 Å². The Morgan fingerprint density at radius 3 is 1.79 bits per heavy atom. The van der Waals surface area contributed by atoms with Crippen LogP contribution in [0.3, 0.4) is 0 Å². The molecule has 0 bridgehead atoms. The SMILES string of the molecule is C.O=C([O-])CC(O)(CC(=O)O)C(=O)O. The molecule has 1 unspecified atom stereocenters. The minimum Gasteiger partial charge on any atom is -0.550 e. The number of rotatable bonds is 5. The van der Waals surface area contributed by atoms with Crippen LogP contribution in [0.1, 0.15) is 20.3 Å². The van der Waals surface area contributed by atoms with Crippen molar-refractivity contribution in [2.45, 2.75) is 25.9 Å². The summed E-state index contributed by atoms with van der Waals surface area (Å²) >= 11 is 0. The lowest BCUT2D eigenvalue weighted by molar-refractivity contribution is -0.309. The van der Waals surface area contributed by atoms with Crippen LogP contribution in [0.15, 0.2) is 0 Å². The van der Waals surface area contributed by atoms with Crippen molar-refractivity contribution < 1.29 is 34.8 Å². The maximum absolute atomic E-state index is 10.3. The van der Waals surface area contributed by atoms with Gasteiger partial charge in [-0.1, -0.05) is 7.43 Å². The average Bonchev–Trinajstić information content (AvgIpc) is 1.82. The number of aliphatic carboxylic acids is 3. The Labute approximate surface area is 79.6 Å². The molecule has 0 amide bonds. The van der Waals surface area contributed by atoms with Gasteiger partial charge in [0.25, 0.3) is 0 Å². The zero-order valence-corrected chi connectivity index (χ0v) is 6.39. The first-order valence-corrected chi connectivity index (χ1v) is 3.15. The van der Waals surface area contributed by atoms with E-state index in [1.54, 1.807) is 0 Å². The van der Waals surface area contributed by atoms with Crippen LogP contribution >= 0.6 is 0 Å². The molecule has 0 heterocycles. The third-order valence-electron chi connectivity index (χ3n) is 1.28. The summed E-state index contributed by atoms with van der Waals surface area (Å²) in [5.74, 6) is -5.34. The number of carboxylic acids is 3. The van der Waals surface area contributed by atoms with E-state index in [2.05, 4.69) is 0 Å². The topological polar surface area (TPSA) is 135 Å². The van der Waals surface area contributed by atoms with Crippen molar-refractivity contribution in [1.29, 1.82) is 0 Å². The third kappa shape index (κ3) is 4.41. The molecule has 0 aromatic rings. The second-order valence-corrected chi connectivity index (χ2v) is 2.46. The third-order valence-corrected chi connectivity index (χ3v) is 1.28. The van der Waals surface area contributed by atoms with Crippen molar-refractivity contribution in [3.8, 4) is 0 Å². The maximum Gasteiger partial charge on any atom is 0.336 e. The number of carbonyl (C=O) groups excluding carboxylic acids is 1. The summed E-state index contributed by atoms with van der Waals surface area (Å²) in [4.78, 5) is 30.3. The fourth-order valence-electron chi connectivity index (χ4n) is 0.703. The first-order valence-electron chi connectivity index (χ1n) is 3.15. The molecule has 14 heavy (non-hydrogen) atoms. The Morgan fingerprint density at radius 2 is 1.57 bits per heavy atom. The van der Waals surface area contributed by atoms with Crippen LogP contribution in [-0.2, 0) is 14.4 Å². The fraction of sp³-hybridized carbons (Fsp3) is 0.571. The highest BCUT2D eigenvalue weighted by Crippen LogP contribution is 2.15. The van der Waals surface area contributed by atoms with Crippen molar-refractivity contribution in [2.75, 3.05) is 0 Å². The molecular weight excluding hydrogens is 196 g/mol. The molecule has 0 rings (SSSR count). The van der Waals surface area contributed by atoms with Gasteiger partial charge < -0.3 is 25.2 Å². The summed E-state index contributed by atoms with van der Waals surface area (Å²) in [6, 6.07) is 0. The highest BCUT2D eigenvalue weighted by molar-refractivity contribution is 5.87. The van der Waals surface area contributed by atoms with Gasteiger partial charge in [0, 0.05) is 12.4 Å². The number of hydrogen-bond donors (Lipinski definition) is 3. The van der Waals surface area contributed by atoms with Gasteiger partial charge in [-0.25, -0.2) is 4.79 Å². The van der Waals surface area contributed by atoms with E-state index in [-0.39, 0.29) is 7.43 Å². The van der Waals surface area contributed by atoms with Crippen molar-refractivity contribution in [1.82, 2.24) is 0 Å². The van der Waals surface area contributed by atoms with Gasteiger partial charge in [0.15, 0.2) is 5.60 Å². The van der Waals surface area contributed by atoms with Gasteiger partial charge in [-0.05, 0) is 0 Å². The van der Waals surface area contributed by atoms with E-state index in [1.165, 1.54) is 0 Å². The molecule has 0 aliphatic rings. The van der Waals surface area contributed by atoms with Crippen LogP contribution in [0.4, 0.5) is 0 Å².